The van der Waals surface area contributed by atoms with Gasteiger partial charge < -0.3 is 14.2 Å². The molecule has 2 aromatic rings. The summed E-state index contributed by atoms with van der Waals surface area (Å²) in [6.07, 6.45) is 0.338. The van der Waals surface area contributed by atoms with Gasteiger partial charge in [-0.1, -0.05) is 23.8 Å². The van der Waals surface area contributed by atoms with Gasteiger partial charge in [-0.25, -0.2) is 5.48 Å². The minimum absolute atomic E-state index is 0. The Morgan fingerprint density at radius 1 is 1.12 bits per heavy atom. The number of allylic oxidation sites excluding steroid dienone is 2. The van der Waals surface area contributed by atoms with E-state index in [9.17, 15) is 18.0 Å². The van der Waals surface area contributed by atoms with E-state index in [2.05, 4.69) is 4.74 Å². The molecule has 10 heteroatoms. The topological polar surface area (TPSA) is 77.0 Å². The molecule has 2 rings (SSSR count). The van der Waals surface area contributed by atoms with Crippen LogP contribution in [0.4, 0.5) is 13.2 Å². The Labute approximate surface area is 202 Å². The summed E-state index contributed by atoms with van der Waals surface area (Å²) in [7, 11) is 1.53. The van der Waals surface area contributed by atoms with Gasteiger partial charge in [-0.05, 0) is 56.2 Å². The van der Waals surface area contributed by atoms with E-state index in [1.807, 2.05) is 19.9 Å². The zero-order valence-electron chi connectivity index (χ0n) is 18.8. The molecule has 0 spiro atoms. The van der Waals surface area contributed by atoms with Gasteiger partial charge in [0.25, 0.3) is 5.91 Å². The second-order valence-electron chi connectivity index (χ2n) is 6.94. The van der Waals surface area contributed by atoms with E-state index >= 15 is 0 Å². The fourth-order valence-corrected chi connectivity index (χ4v) is 2.77. The molecule has 0 aliphatic heterocycles. The number of methoxy groups -OCH3 is 1. The van der Waals surface area contributed by atoms with Gasteiger partial charge in [0.15, 0.2) is 0 Å². The molecule has 6 nitrogen and oxygen atoms in total. The number of rotatable bonds is 9. The number of amides is 1. The molecule has 2 N–H and O–H groups in total. The Balaban J connectivity index is 0.00000544. The Hall–Kier alpha value is -2.86. The predicted molar refractivity (Wildman–Crippen MR) is 113 cm³/mol. The van der Waals surface area contributed by atoms with Crippen molar-refractivity contribution in [2.75, 3.05) is 7.11 Å². The number of hydroxylamine groups is 1. The Morgan fingerprint density at radius 3 is 2.33 bits per heavy atom. The van der Waals surface area contributed by atoms with Crippen LogP contribution in [0.25, 0.3) is 6.08 Å². The number of halogens is 3. The molecule has 2 aromatic carbocycles. The van der Waals surface area contributed by atoms with E-state index in [1.54, 1.807) is 12.1 Å². The maximum Gasteiger partial charge on any atom is 1.00 e. The van der Waals surface area contributed by atoms with Gasteiger partial charge in [0, 0.05) is 17.2 Å². The van der Waals surface area contributed by atoms with Crippen LogP contribution in [0.2, 0.25) is 0 Å². The van der Waals surface area contributed by atoms with Gasteiger partial charge in [-0.3, -0.25) is 10.0 Å². The molecule has 0 fully saturated rings. The van der Waals surface area contributed by atoms with Crippen molar-refractivity contribution < 1.29 is 56.2 Å². The van der Waals surface area contributed by atoms with E-state index in [0.717, 1.165) is 17.2 Å². The van der Waals surface area contributed by atoms with Crippen LogP contribution in [0.5, 0.6) is 17.2 Å². The molecule has 33 heavy (non-hydrogen) atoms. The van der Waals surface area contributed by atoms with Crippen LogP contribution in [0.1, 0.15) is 30.5 Å². The van der Waals surface area contributed by atoms with Crippen molar-refractivity contribution in [2.24, 2.45) is 0 Å². The summed E-state index contributed by atoms with van der Waals surface area (Å²) in [5.41, 5.74) is 4.50. The van der Waals surface area contributed by atoms with Crippen LogP contribution >= 0.6 is 0 Å². The molecule has 0 radical (unpaired) electrons. The van der Waals surface area contributed by atoms with Crippen LogP contribution < -0.4 is 38.6 Å². The van der Waals surface area contributed by atoms with Gasteiger partial charge >= 0.3 is 25.2 Å². The molecule has 0 aliphatic rings. The average Bonchev–Trinajstić information content (AvgIpc) is 2.74. The molecule has 1 amide bonds. The number of benzene rings is 2. The SMILES string of the molecule is COc1ccc(/C=C/C(=O)NO)c(OCc2ccc(OC(F)(F)F)cc2)c1CC=C(C)C.[Li+]. The van der Waals surface area contributed by atoms with Crippen molar-refractivity contribution in [3.8, 4) is 17.2 Å². The van der Waals surface area contributed by atoms with Crippen molar-refractivity contribution in [1.29, 1.82) is 0 Å². The molecule has 0 aliphatic carbocycles. The third-order valence-corrected chi connectivity index (χ3v) is 4.25. The fraction of sp³-hybridized carbons (Fsp3) is 0.261. The molecule has 0 atom stereocenters. The molecule has 0 aromatic heterocycles. The van der Waals surface area contributed by atoms with Gasteiger partial charge in [0.05, 0.1) is 7.11 Å². The minimum atomic E-state index is -4.76. The van der Waals surface area contributed by atoms with Crippen LogP contribution in [-0.4, -0.2) is 24.6 Å². The second-order valence-corrected chi connectivity index (χ2v) is 6.94. The van der Waals surface area contributed by atoms with Gasteiger partial charge in [0.2, 0.25) is 0 Å². The summed E-state index contributed by atoms with van der Waals surface area (Å²) in [5.74, 6) is -0.0157. The molecular formula is C23H24F3LiNO5+. The van der Waals surface area contributed by atoms with E-state index < -0.39 is 12.3 Å². The first kappa shape index (κ1) is 28.2. The van der Waals surface area contributed by atoms with E-state index in [0.29, 0.717) is 29.0 Å². The molecule has 0 unspecified atom stereocenters. The largest absolute Gasteiger partial charge is 1.00 e. The van der Waals surface area contributed by atoms with Crippen molar-refractivity contribution in [3.05, 3.63) is 70.8 Å². The third-order valence-electron chi connectivity index (χ3n) is 4.25. The van der Waals surface area contributed by atoms with Crippen molar-refractivity contribution in [3.63, 3.8) is 0 Å². The maximum atomic E-state index is 12.3. The van der Waals surface area contributed by atoms with Crippen molar-refractivity contribution >= 4 is 12.0 Å². The smallest absolute Gasteiger partial charge is 0.496 e. The molecular weight excluding hydrogens is 434 g/mol. The summed E-state index contributed by atoms with van der Waals surface area (Å²) in [6.45, 7) is 3.95. The number of ether oxygens (including phenoxy) is 3. The van der Waals surface area contributed by atoms with Crippen molar-refractivity contribution in [1.82, 2.24) is 5.48 Å². The van der Waals surface area contributed by atoms with Gasteiger partial charge in [-0.15, -0.1) is 13.2 Å². The number of nitrogens with one attached hydrogen (secondary N) is 1. The summed E-state index contributed by atoms with van der Waals surface area (Å²) < 4.78 is 52.4. The van der Waals surface area contributed by atoms with Crippen LogP contribution in [-0.2, 0) is 17.8 Å². The zero-order chi connectivity index (χ0) is 23.7. The Kier molecular flexibility index (Phi) is 11.1. The summed E-state index contributed by atoms with van der Waals surface area (Å²) >= 11 is 0. The normalized spacial score (nSPS) is 10.9. The minimum Gasteiger partial charge on any atom is -0.496 e. The number of hydrogen-bond donors (Lipinski definition) is 2. The summed E-state index contributed by atoms with van der Waals surface area (Å²) in [6, 6.07) is 8.77. The zero-order valence-corrected chi connectivity index (χ0v) is 18.8. The van der Waals surface area contributed by atoms with Crippen molar-refractivity contribution in [2.45, 2.75) is 33.2 Å². The average molecular weight is 458 g/mol. The van der Waals surface area contributed by atoms with Crippen LogP contribution in [0, 0.1) is 0 Å². The van der Waals surface area contributed by atoms with E-state index in [4.69, 9.17) is 14.7 Å². The Bertz CT molecular complexity index is 985. The quantitative estimate of drug-likeness (QED) is 0.198. The molecule has 0 saturated carbocycles. The van der Waals surface area contributed by atoms with Crippen LogP contribution in [0.15, 0.2) is 54.1 Å². The Morgan fingerprint density at radius 2 is 1.79 bits per heavy atom. The molecule has 0 heterocycles. The van der Waals surface area contributed by atoms with E-state index in [1.165, 1.54) is 42.9 Å². The first-order chi connectivity index (χ1) is 15.1. The maximum absolute atomic E-state index is 12.3. The number of hydrogen-bond acceptors (Lipinski definition) is 5. The second kappa shape index (κ2) is 13.0. The first-order valence-electron chi connectivity index (χ1n) is 9.55. The van der Waals surface area contributed by atoms with Gasteiger partial charge in [0.1, 0.15) is 23.9 Å². The molecule has 172 valence electrons. The fourth-order valence-electron chi connectivity index (χ4n) is 2.77. The standard InChI is InChI=1S/C23H24F3NO5.Li/c1-15(2)4-11-19-20(30-3)12-7-17(8-13-21(28)27-29)22(19)31-14-16-5-9-18(10-6-16)32-23(24,25)26;/h4-10,12-13,29H,11,14H2,1-3H3,(H,27,28);/q;+1/b13-8+;. The molecule has 0 bridgehead atoms. The first-order valence-corrected chi connectivity index (χ1v) is 9.55. The predicted octanol–water partition coefficient (Wildman–Crippen LogP) is 2.20. The number of alkyl halides is 3. The summed E-state index contributed by atoms with van der Waals surface area (Å²) in [4.78, 5) is 11.4. The van der Waals surface area contributed by atoms with E-state index in [-0.39, 0.29) is 31.2 Å². The van der Waals surface area contributed by atoms with Crippen LogP contribution in [0.3, 0.4) is 0 Å². The molecule has 0 saturated heterocycles. The monoisotopic (exact) mass is 458 g/mol. The van der Waals surface area contributed by atoms with Gasteiger partial charge in [-0.2, -0.15) is 0 Å². The third kappa shape index (κ3) is 9.26. The number of carbonyl (C=O) groups excluding carboxylic acids is 1. The number of carbonyl (C=O) groups is 1. The summed E-state index contributed by atoms with van der Waals surface area (Å²) in [5, 5.41) is 8.72.